The van der Waals surface area contributed by atoms with Crippen LogP contribution in [0.3, 0.4) is 0 Å². The second-order valence-corrected chi connectivity index (χ2v) is 4.51. The first kappa shape index (κ1) is 13.6. The lowest BCUT2D eigenvalue weighted by Crippen LogP contribution is -2.18. The number of methoxy groups -OCH3 is 1. The Morgan fingerprint density at radius 2 is 1.95 bits per heavy atom. The normalized spacial score (nSPS) is 12.2. The summed E-state index contributed by atoms with van der Waals surface area (Å²) in [5, 5.41) is 3.37. The Morgan fingerprint density at radius 1 is 1.16 bits per heavy atom. The summed E-state index contributed by atoms with van der Waals surface area (Å²) in [6.07, 6.45) is 0. The van der Waals surface area contributed by atoms with Crippen molar-refractivity contribution in [2.75, 3.05) is 7.11 Å². The lowest BCUT2D eigenvalue weighted by Gasteiger charge is -2.14. The predicted molar refractivity (Wildman–Crippen MR) is 74.6 cm³/mol. The van der Waals surface area contributed by atoms with Crippen LogP contribution in [0.25, 0.3) is 0 Å². The van der Waals surface area contributed by atoms with Gasteiger partial charge < -0.3 is 10.1 Å². The highest BCUT2D eigenvalue weighted by molar-refractivity contribution is 5.28. The van der Waals surface area contributed by atoms with Gasteiger partial charge in [-0.15, -0.1) is 0 Å². The Bertz CT molecular complexity index is 542. The number of hydrogen-bond acceptors (Lipinski definition) is 2. The van der Waals surface area contributed by atoms with E-state index in [1.807, 2.05) is 37.3 Å². The zero-order chi connectivity index (χ0) is 13.7. The van der Waals surface area contributed by atoms with Crippen LogP contribution in [0.5, 0.6) is 5.75 Å². The van der Waals surface area contributed by atoms with Crippen molar-refractivity contribution in [3.63, 3.8) is 0 Å². The van der Waals surface area contributed by atoms with Crippen LogP contribution in [-0.4, -0.2) is 7.11 Å². The molecule has 2 nitrogen and oxygen atoms in total. The van der Waals surface area contributed by atoms with Crippen molar-refractivity contribution in [3.8, 4) is 5.75 Å². The monoisotopic (exact) mass is 259 g/mol. The van der Waals surface area contributed by atoms with Crippen molar-refractivity contribution in [3.05, 3.63) is 65.5 Å². The van der Waals surface area contributed by atoms with E-state index in [0.29, 0.717) is 0 Å². The van der Waals surface area contributed by atoms with Gasteiger partial charge in [-0.25, -0.2) is 4.39 Å². The van der Waals surface area contributed by atoms with Gasteiger partial charge in [0.2, 0.25) is 0 Å². The average Bonchev–Trinajstić information content (AvgIpc) is 2.45. The van der Waals surface area contributed by atoms with Crippen molar-refractivity contribution < 1.29 is 9.13 Å². The van der Waals surface area contributed by atoms with Crippen LogP contribution in [0, 0.1) is 5.82 Å². The molecule has 100 valence electrons. The number of nitrogens with one attached hydrogen (secondary N) is 1. The van der Waals surface area contributed by atoms with Gasteiger partial charge in [-0.3, -0.25) is 0 Å². The first-order valence-corrected chi connectivity index (χ1v) is 6.31. The number of hydrogen-bond donors (Lipinski definition) is 1. The molecule has 0 aliphatic carbocycles. The summed E-state index contributed by atoms with van der Waals surface area (Å²) in [4.78, 5) is 0. The van der Waals surface area contributed by atoms with Crippen LogP contribution in [0.1, 0.15) is 24.1 Å². The number of rotatable bonds is 5. The Labute approximate surface area is 113 Å². The van der Waals surface area contributed by atoms with Gasteiger partial charge in [-0.2, -0.15) is 0 Å². The minimum Gasteiger partial charge on any atom is -0.497 e. The molecule has 0 unspecified atom stereocenters. The molecule has 0 fully saturated rings. The topological polar surface area (TPSA) is 21.3 Å². The SMILES string of the molecule is COc1cccc(CN[C@H](C)c2cccc(F)c2)c1. The molecule has 0 bridgehead atoms. The second-order valence-electron chi connectivity index (χ2n) is 4.51. The summed E-state index contributed by atoms with van der Waals surface area (Å²) in [5.41, 5.74) is 2.09. The largest absolute Gasteiger partial charge is 0.497 e. The molecule has 3 heteroatoms. The van der Waals surface area contributed by atoms with Gasteiger partial charge in [-0.05, 0) is 42.3 Å². The third kappa shape index (κ3) is 3.80. The summed E-state index contributed by atoms with van der Waals surface area (Å²) in [5.74, 6) is 0.644. The Hall–Kier alpha value is -1.87. The molecule has 0 amide bonds. The van der Waals surface area contributed by atoms with E-state index in [9.17, 15) is 4.39 Å². The fourth-order valence-corrected chi connectivity index (χ4v) is 1.95. The van der Waals surface area contributed by atoms with Crippen LogP contribution in [0.4, 0.5) is 4.39 Å². The van der Waals surface area contributed by atoms with E-state index in [0.717, 1.165) is 23.4 Å². The van der Waals surface area contributed by atoms with Gasteiger partial charge >= 0.3 is 0 Å². The molecule has 0 aliphatic rings. The van der Waals surface area contributed by atoms with Gasteiger partial charge in [-0.1, -0.05) is 24.3 Å². The molecule has 0 aromatic heterocycles. The van der Waals surface area contributed by atoms with Crippen molar-refractivity contribution in [2.24, 2.45) is 0 Å². The fraction of sp³-hybridized carbons (Fsp3) is 0.250. The maximum Gasteiger partial charge on any atom is 0.123 e. The van der Waals surface area contributed by atoms with Crippen molar-refractivity contribution >= 4 is 0 Å². The standard InChI is InChI=1S/C16H18FNO/c1-12(14-6-4-7-15(17)10-14)18-11-13-5-3-8-16(9-13)19-2/h3-10,12,18H,11H2,1-2H3/t12-/m1/s1. The molecule has 0 saturated heterocycles. The maximum atomic E-state index is 13.1. The van der Waals surface area contributed by atoms with Crippen LogP contribution in [0.15, 0.2) is 48.5 Å². The third-order valence-corrected chi connectivity index (χ3v) is 3.10. The zero-order valence-corrected chi connectivity index (χ0v) is 11.2. The van der Waals surface area contributed by atoms with Gasteiger partial charge in [0, 0.05) is 12.6 Å². The Balaban J connectivity index is 1.98. The summed E-state index contributed by atoms with van der Waals surface area (Å²) >= 11 is 0. The van der Waals surface area contributed by atoms with E-state index in [-0.39, 0.29) is 11.9 Å². The molecule has 1 atom stereocenters. The van der Waals surface area contributed by atoms with E-state index < -0.39 is 0 Å². The third-order valence-electron chi connectivity index (χ3n) is 3.10. The summed E-state index contributed by atoms with van der Waals surface area (Å²) in [6, 6.07) is 14.7. The van der Waals surface area contributed by atoms with E-state index in [1.165, 1.54) is 6.07 Å². The van der Waals surface area contributed by atoms with Gasteiger partial charge in [0.05, 0.1) is 7.11 Å². The van der Waals surface area contributed by atoms with Gasteiger partial charge in [0.15, 0.2) is 0 Å². The number of benzene rings is 2. The minimum absolute atomic E-state index is 0.0990. The predicted octanol–water partition coefficient (Wildman–Crippen LogP) is 3.69. The van der Waals surface area contributed by atoms with E-state index in [4.69, 9.17) is 4.74 Å². The molecule has 0 saturated carbocycles. The van der Waals surface area contributed by atoms with Crippen molar-refractivity contribution in [1.82, 2.24) is 5.32 Å². The quantitative estimate of drug-likeness (QED) is 0.884. The molecule has 0 aliphatic heterocycles. The molecule has 2 aromatic carbocycles. The number of ether oxygens (including phenoxy) is 1. The summed E-state index contributed by atoms with van der Waals surface area (Å²) in [7, 11) is 1.65. The summed E-state index contributed by atoms with van der Waals surface area (Å²) < 4.78 is 18.3. The highest BCUT2D eigenvalue weighted by Crippen LogP contribution is 2.16. The first-order chi connectivity index (χ1) is 9.19. The lowest BCUT2D eigenvalue weighted by molar-refractivity contribution is 0.414. The Morgan fingerprint density at radius 3 is 2.68 bits per heavy atom. The first-order valence-electron chi connectivity index (χ1n) is 6.31. The van der Waals surface area contributed by atoms with Crippen molar-refractivity contribution in [2.45, 2.75) is 19.5 Å². The van der Waals surface area contributed by atoms with Crippen LogP contribution in [-0.2, 0) is 6.54 Å². The molecule has 0 heterocycles. The molecule has 2 aromatic rings. The smallest absolute Gasteiger partial charge is 0.123 e. The van der Waals surface area contributed by atoms with Crippen LogP contribution < -0.4 is 10.1 Å². The maximum absolute atomic E-state index is 13.1. The highest BCUT2D eigenvalue weighted by Gasteiger charge is 2.06. The molecule has 0 radical (unpaired) electrons. The van der Waals surface area contributed by atoms with Crippen molar-refractivity contribution in [1.29, 1.82) is 0 Å². The van der Waals surface area contributed by atoms with Crippen LogP contribution >= 0.6 is 0 Å². The zero-order valence-electron chi connectivity index (χ0n) is 11.2. The van der Waals surface area contributed by atoms with E-state index in [1.54, 1.807) is 19.2 Å². The molecular formula is C16H18FNO. The Kier molecular flexibility index (Phi) is 4.53. The average molecular weight is 259 g/mol. The molecular weight excluding hydrogens is 241 g/mol. The molecule has 19 heavy (non-hydrogen) atoms. The lowest BCUT2D eigenvalue weighted by atomic mass is 10.1. The molecule has 2 rings (SSSR count). The summed E-state index contributed by atoms with van der Waals surface area (Å²) in [6.45, 7) is 2.74. The van der Waals surface area contributed by atoms with Gasteiger partial charge in [0.1, 0.15) is 11.6 Å². The second kappa shape index (κ2) is 6.34. The molecule has 0 spiro atoms. The highest BCUT2D eigenvalue weighted by atomic mass is 19.1. The van der Waals surface area contributed by atoms with E-state index in [2.05, 4.69) is 5.32 Å². The number of halogens is 1. The van der Waals surface area contributed by atoms with Crippen LogP contribution in [0.2, 0.25) is 0 Å². The van der Waals surface area contributed by atoms with E-state index >= 15 is 0 Å². The minimum atomic E-state index is -0.201. The van der Waals surface area contributed by atoms with Gasteiger partial charge in [0.25, 0.3) is 0 Å². The fourth-order valence-electron chi connectivity index (χ4n) is 1.95. The molecule has 1 N–H and O–H groups in total.